The molecule has 0 saturated heterocycles. The number of aromatic hydroxyl groups is 1. The summed E-state index contributed by atoms with van der Waals surface area (Å²) in [6, 6.07) is 14.5. The Morgan fingerprint density at radius 3 is 2.68 bits per heavy atom. The molecule has 8 heteroatoms. The molecular weight excluding hydrogens is 418 g/mol. The number of methoxy groups -OCH3 is 1. The van der Waals surface area contributed by atoms with E-state index < -0.39 is 0 Å². The number of hydrogen-bond acceptors (Lipinski definition) is 5. The zero-order valence-corrected chi connectivity index (χ0v) is 17.8. The molecule has 0 fully saturated rings. The minimum absolute atomic E-state index is 0.0641. The van der Waals surface area contributed by atoms with Gasteiger partial charge in [-0.15, -0.1) is 0 Å². The van der Waals surface area contributed by atoms with Gasteiger partial charge in [0.05, 0.1) is 13.3 Å². The number of halogens is 1. The van der Waals surface area contributed by atoms with Gasteiger partial charge in [-0.2, -0.15) is 8.97 Å². The van der Waals surface area contributed by atoms with Crippen molar-refractivity contribution in [2.45, 2.75) is 20.1 Å². The molecule has 3 heterocycles. The van der Waals surface area contributed by atoms with Crippen molar-refractivity contribution in [3.05, 3.63) is 93.1 Å². The Hall–Kier alpha value is -3.58. The second-order valence-corrected chi connectivity index (χ2v) is 7.42. The SMILES string of the molecule is COc1cc(C[n+]2c(O)c(C)c(=O)n3ccccc32)ccc1OCc1ccc(Cl)nc1. The van der Waals surface area contributed by atoms with Gasteiger partial charge < -0.3 is 14.6 Å². The van der Waals surface area contributed by atoms with Crippen LogP contribution in [-0.2, 0) is 13.2 Å². The van der Waals surface area contributed by atoms with Crippen LogP contribution in [0.25, 0.3) is 5.65 Å². The Morgan fingerprint density at radius 2 is 1.94 bits per heavy atom. The van der Waals surface area contributed by atoms with E-state index in [9.17, 15) is 9.90 Å². The molecule has 4 rings (SSSR count). The van der Waals surface area contributed by atoms with Crippen LogP contribution < -0.4 is 19.6 Å². The first-order valence-corrected chi connectivity index (χ1v) is 9.98. The summed E-state index contributed by atoms with van der Waals surface area (Å²) in [5, 5.41) is 11.1. The number of rotatable bonds is 6. The highest BCUT2D eigenvalue weighted by Gasteiger charge is 2.21. The van der Waals surface area contributed by atoms with Crippen molar-refractivity contribution in [3.8, 4) is 17.4 Å². The second-order valence-electron chi connectivity index (χ2n) is 7.03. The molecule has 0 unspecified atom stereocenters. The molecule has 0 aliphatic carbocycles. The van der Waals surface area contributed by atoms with Crippen molar-refractivity contribution in [1.82, 2.24) is 9.38 Å². The Kier molecular flexibility index (Phi) is 5.77. The van der Waals surface area contributed by atoms with Crippen LogP contribution in [0.3, 0.4) is 0 Å². The van der Waals surface area contributed by atoms with Gasteiger partial charge in [-0.25, -0.2) is 9.78 Å². The lowest BCUT2D eigenvalue weighted by Gasteiger charge is -2.13. The highest BCUT2D eigenvalue weighted by molar-refractivity contribution is 6.29. The lowest BCUT2D eigenvalue weighted by molar-refractivity contribution is -0.672. The molecule has 0 amide bonds. The van der Waals surface area contributed by atoms with Gasteiger partial charge in [0, 0.05) is 17.8 Å². The first-order valence-electron chi connectivity index (χ1n) is 9.61. The van der Waals surface area contributed by atoms with Crippen LogP contribution in [0, 0.1) is 6.92 Å². The molecule has 7 nitrogen and oxygen atoms in total. The molecule has 0 aliphatic heterocycles. The number of ether oxygens (including phenoxy) is 2. The van der Waals surface area contributed by atoms with E-state index in [-0.39, 0.29) is 17.0 Å². The zero-order chi connectivity index (χ0) is 22.0. The Bertz CT molecular complexity index is 1300. The Morgan fingerprint density at radius 1 is 1.13 bits per heavy atom. The predicted octanol–water partition coefficient (Wildman–Crippen LogP) is 3.29. The number of hydrogen-bond donors (Lipinski definition) is 1. The highest BCUT2D eigenvalue weighted by Crippen LogP contribution is 2.29. The van der Waals surface area contributed by atoms with E-state index in [1.165, 1.54) is 4.40 Å². The maximum atomic E-state index is 12.4. The van der Waals surface area contributed by atoms with Crippen LogP contribution in [0.15, 0.2) is 65.7 Å². The summed E-state index contributed by atoms with van der Waals surface area (Å²) >= 11 is 5.82. The largest absolute Gasteiger partial charge is 0.493 e. The van der Waals surface area contributed by atoms with E-state index in [0.717, 1.165) is 11.1 Å². The number of fused-ring (bicyclic) bond motifs is 1. The van der Waals surface area contributed by atoms with Crippen molar-refractivity contribution < 1.29 is 19.1 Å². The summed E-state index contributed by atoms with van der Waals surface area (Å²) in [6.07, 6.45) is 3.34. The van der Waals surface area contributed by atoms with Crippen LogP contribution in [-0.4, -0.2) is 21.6 Å². The van der Waals surface area contributed by atoms with Crippen molar-refractivity contribution in [2.75, 3.05) is 7.11 Å². The maximum Gasteiger partial charge on any atom is 0.349 e. The number of nitrogens with zero attached hydrogens (tertiary/aromatic N) is 3. The molecule has 158 valence electrons. The van der Waals surface area contributed by atoms with Crippen LogP contribution >= 0.6 is 11.6 Å². The van der Waals surface area contributed by atoms with E-state index in [1.54, 1.807) is 49.2 Å². The van der Waals surface area contributed by atoms with Gasteiger partial charge in [0.2, 0.25) is 0 Å². The molecule has 3 aromatic heterocycles. The molecule has 0 radical (unpaired) electrons. The lowest BCUT2D eigenvalue weighted by Crippen LogP contribution is -2.41. The topological polar surface area (TPSA) is 76.9 Å². The molecule has 4 aromatic rings. The predicted molar refractivity (Wildman–Crippen MR) is 116 cm³/mol. The van der Waals surface area contributed by atoms with E-state index in [0.29, 0.717) is 35.5 Å². The maximum absolute atomic E-state index is 12.4. The third kappa shape index (κ3) is 4.18. The zero-order valence-electron chi connectivity index (χ0n) is 17.1. The fourth-order valence-electron chi connectivity index (χ4n) is 3.33. The smallest absolute Gasteiger partial charge is 0.349 e. The van der Waals surface area contributed by atoms with Crippen LogP contribution in [0.5, 0.6) is 17.4 Å². The summed E-state index contributed by atoms with van der Waals surface area (Å²) in [7, 11) is 1.57. The highest BCUT2D eigenvalue weighted by atomic mass is 35.5. The van der Waals surface area contributed by atoms with Gasteiger partial charge in [0.25, 0.3) is 11.5 Å². The Labute approximate surface area is 183 Å². The van der Waals surface area contributed by atoms with Gasteiger partial charge in [-0.05, 0) is 36.8 Å². The second kappa shape index (κ2) is 8.65. The van der Waals surface area contributed by atoms with E-state index in [4.69, 9.17) is 21.1 Å². The third-order valence-corrected chi connectivity index (χ3v) is 5.22. The average Bonchev–Trinajstić information content (AvgIpc) is 2.80. The number of benzene rings is 1. The van der Waals surface area contributed by atoms with Crippen molar-refractivity contribution in [3.63, 3.8) is 0 Å². The van der Waals surface area contributed by atoms with Crippen molar-refractivity contribution in [2.24, 2.45) is 0 Å². The summed E-state index contributed by atoms with van der Waals surface area (Å²) in [4.78, 5) is 16.5. The van der Waals surface area contributed by atoms with Crippen LogP contribution in [0.1, 0.15) is 16.7 Å². The summed E-state index contributed by atoms with van der Waals surface area (Å²) in [5.41, 5.74) is 2.38. The molecule has 0 saturated carbocycles. The molecule has 31 heavy (non-hydrogen) atoms. The van der Waals surface area contributed by atoms with Gasteiger partial charge in [-0.3, -0.25) is 0 Å². The van der Waals surface area contributed by atoms with Crippen molar-refractivity contribution in [1.29, 1.82) is 0 Å². The Balaban J connectivity index is 1.63. The molecule has 0 spiro atoms. The fourth-order valence-corrected chi connectivity index (χ4v) is 3.45. The fraction of sp³-hybridized carbons (Fsp3) is 0.174. The van der Waals surface area contributed by atoms with Gasteiger partial charge in [-0.1, -0.05) is 29.8 Å². The number of aromatic nitrogens is 3. The molecule has 1 N–H and O–H groups in total. The standard InChI is InChI=1S/C23H20ClN3O4/c1-15-22(28)26-10-4-3-5-21(26)27(23(15)29)13-16-6-8-18(19(11-16)30-2)31-14-17-7-9-20(24)25-12-17/h3-12H,13-14H2,1-2H3/p+1. The molecule has 1 aromatic carbocycles. The molecule has 0 bridgehead atoms. The third-order valence-electron chi connectivity index (χ3n) is 5.00. The quantitative estimate of drug-likeness (QED) is 0.369. The molecule has 0 aliphatic rings. The summed E-state index contributed by atoms with van der Waals surface area (Å²) < 4.78 is 14.6. The van der Waals surface area contributed by atoms with Gasteiger partial charge >= 0.3 is 5.56 Å². The lowest BCUT2D eigenvalue weighted by atomic mass is 10.2. The summed E-state index contributed by atoms with van der Waals surface area (Å²) in [5.74, 6) is 1.08. The van der Waals surface area contributed by atoms with E-state index in [2.05, 4.69) is 4.98 Å². The van der Waals surface area contributed by atoms with Crippen LogP contribution in [0.2, 0.25) is 5.15 Å². The molecule has 0 atom stereocenters. The molecular formula is C23H21ClN3O4+. The normalized spacial score (nSPS) is 10.9. The van der Waals surface area contributed by atoms with Gasteiger partial charge in [0.15, 0.2) is 11.5 Å². The summed E-state index contributed by atoms with van der Waals surface area (Å²) in [6.45, 7) is 2.27. The number of pyridine rings is 2. The van der Waals surface area contributed by atoms with E-state index in [1.807, 2.05) is 30.3 Å². The monoisotopic (exact) mass is 438 g/mol. The van der Waals surface area contributed by atoms with Crippen LogP contribution in [0.4, 0.5) is 0 Å². The average molecular weight is 439 g/mol. The minimum Gasteiger partial charge on any atom is -0.493 e. The van der Waals surface area contributed by atoms with Crippen molar-refractivity contribution >= 4 is 17.2 Å². The van der Waals surface area contributed by atoms with E-state index >= 15 is 0 Å². The van der Waals surface area contributed by atoms with Gasteiger partial charge in [0.1, 0.15) is 23.9 Å². The first-order chi connectivity index (χ1) is 15.0. The minimum atomic E-state index is -0.248. The first kappa shape index (κ1) is 20.7.